The Morgan fingerprint density at radius 1 is 1.22 bits per heavy atom. The van der Waals surface area contributed by atoms with E-state index in [0.717, 1.165) is 17.6 Å². The Hall–Kier alpha value is -2.07. The Morgan fingerprint density at radius 3 is 2.67 bits per heavy atom. The topological polar surface area (TPSA) is 58.4 Å². The van der Waals surface area contributed by atoms with Crippen molar-refractivity contribution < 1.29 is 4.79 Å². The van der Waals surface area contributed by atoms with E-state index >= 15 is 0 Å². The van der Waals surface area contributed by atoms with Crippen LogP contribution in [-0.2, 0) is 4.79 Å². The van der Waals surface area contributed by atoms with Crippen LogP contribution in [0.15, 0.2) is 42.5 Å². The molecule has 0 spiro atoms. The molecule has 94 valence electrons. The predicted octanol–water partition coefficient (Wildman–Crippen LogP) is 1.66. The van der Waals surface area contributed by atoms with Gasteiger partial charge in [-0.2, -0.15) is 0 Å². The van der Waals surface area contributed by atoms with Gasteiger partial charge in [0.15, 0.2) is 0 Å². The number of amides is 1. The van der Waals surface area contributed by atoms with Crippen molar-refractivity contribution in [3.05, 3.63) is 42.5 Å². The highest BCUT2D eigenvalue weighted by Gasteiger charge is 2.11. The molecule has 2 aromatic rings. The molecule has 0 unspecified atom stereocenters. The molecular weight excluding hydrogens is 226 g/mol. The number of fused-ring (bicyclic) bond motifs is 1. The second kappa shape index (κ2) is 5.51. The predicted molar refractivity (Wildman–Crippen MR) is 74.2 cm³/mol. The summed E-state index contributed by atoms with van der Waals surface area (Å²) in [5.41, 5.74) is 3.22. The number of hydrogen-bond acceptors (Lipinski definition) is 3. The lowest BCUT2D eigenvalue weighted by Crippen LogP contribution is -2.40. The summed E-state index contributed by atoms with van der Waals surface area (Å²) in [4.78, 5) is 13.4. The maximum Gasteiger partial charge on any atom is 0.253 e. The molecule has 0 aromatic heterocycles. The average molecular weight is 243 g/mol. The Morgan fingerprint density at radius 2 is 1.94 bits per heavy atom. The summed E-state index contributed by atoms with van der Waals surface area (Å²) in [6, 6.07) is 14.2. The fourth-order valence-electron chi connectivity index (χ4n) is 2.07. The minimum atomic E-state index is -0.190. The van der Waals surface area contributed by atoms with Gasteiger partial charge < -0.3 is 4.90 Å². The first kappa shape index (κ1) is 12.4. The lowest BCUT2D eigenvalue weighted by atomic mass is 10.1. The molecule has 0 radical (unpaired) electrons. The first-order chi connectivity index (χ1) is 8.76. The van der Waals surface area contributed by atoms with Crippen LogP contribution in [0, 0.1) is 0 Å². The summed E-state index contributed by atoms with van der Waals surface area (Å²) in [6.45, 7) is 3.04. The number of carbonyl (C=O) groups is 1. The van der Waals surface area contributed by atoms with Gasteiger partial charge in [0, 0.05) is 17.6 Å². The quantitative estimate of drug-likeness (QED) is 0.488. The van der Waals surface area contributed by atoms with Gasteiger partial charge in [-0.05, 0) is 18.4 Å². The fraction of sp³-hybridized carbons (Fsp3) is 0.214. The molecule has 0 saturated heterocycles. The average Bonchev–Trinajstić information content (AvgIpc) is 2.44. The summed E-state index contributed by atoms with van der Waals surface area (Å²) in [6.07, 6.45) is 0. The summed E-state index contributed by atoms with van der Waals surface area (Å²) in [5, 5.41) is 2.31. The normalized spacial score (nSPS) is 10.3. The lowest BCUT2D eigenvalue weighted by molar-refractivity contribution is -0.119. The molecule has 0 atom stereocenters. The van der Waals surface area contributed by atoms with E-state index in [1.165, 1.54) is 5.39 Å². The highest BCUT2D eigenvalue weighted by molar-refractivity contribution is 5.95. The van der Waals surface area contributed by atoms with Gasteiger partial charge in [0.25, 0.3) is 5.91 Å². The Kier molecular flexibility index (Phi) is 3.79. The van der Waals surface area contributed by atoms with Crippen molar-refractivity contribution in [3.8, 4) is 0 Å². The largest absolute Gasteiger partial charge is 0.362 e. The standard InChI is InChI=1S/C14H17N3O/c1-2-17(10-14(18)16-15)13-9-5-7-11-6-3-4-8-12(11)13/h3-9H,2,10,15H2,1H3,(H,16,18). The SMILES string of the molecule is CCN(CC(=O)NN)c1cccc2ccccc12. The van der Waals surface area contributed by atoms with Crippen LogP contribution in [0.4, 0.5) is 5.69 Å². The molecule has 0 saturated carbocycles. The monoisotopic (exact) mass is 243 g/mol. The van der Waals surface area contributed by atoms with E-state index in [-0.39, 0.29) is 12.5 Å². The van der Waals surface area contributed by atoms with Crippen LogP contribution in [0.3, 0.4) is 0 Å². The van der Waals surface area contributed by atoms with Crippen molar-refractivity contribution in [1.82, 2.24) is 5.43 Å². The molecule has 0 aliphatic rings. The van der Waals surface area contributed by atoms with Gasteiger partial charge in [-0.25, -0.2) is 5.84 Å². The van der Waals surface area contributed by atoms with E-state index in [2.05, 4.69) is 23.6 Å². The van der Waals surface area contributed by atoms with Crippen molar-refractivity contribution in [2.24, 2.45) is 5.84 Å². The summed E-state index contributed by atoms with van der Waals surface area (Å²) >= 11 is 0. The number of nitrogens with one attached hydrogen (secondary N) is 1. The molecule has 0 heterocycles. The third-order valence-corrected chi connectivity index (χ3v) is 2.98. The molecule has 0 aliphatic carbocycles. The van der Waals surface area contributed by atoms with Gasteiger partial charge in [-0.15, -0.1) is 0 Å². The van der Waals surface area contributed by atoms with Gasteiger partial charge in [0.2, 0.25) is 0 Å². The van der Waals surface area contributed by atoms with Crippen LogP contribution in [0.1, 0.15) is 6.92 Å². The minimum Gasteiger partial charge on any atom is -0.362 e. The van der Waals surface area contributed by atoms with Gasteiger partial charge in [-0.1, -0.05) is 36.4 Å². The number of hydrazine groups is 1. The van der Waals surface area contributed by atoms with Crippen molar-refractivity contribution in [1.29, 1.82) is 0 Å². The van der Waals surface area contributed by atoms with Gasteiger partial charge in [-0.3, -0.25) is 10.2 Å². The molecule has 0 bridgehead atoms. The molecule has 4 heteroatoms. The summed E-state index contributed by atoms with van der Waals surface area (Å²) < 4.78 is 0. The number of rotatable bonds is 4. The van der Waals surface area contributed by atoms with E-state index in [0.29, 0.717) is 0 Å². The van der Waals surface area contributed by atoms with E-state index < -0.39 is 0 Å². The van der Waals surface area contributed by atoms with Crippen LogP contribution in [0.5, 0.6) is 0 Å². The zero-order chi connectivity index (χ0) is 13.0. The number of hydrogen-bond donors (Lipinski definition) is 2. The van der Waals surface area contributed by atoms with Gasteiger partial charge in [0.05, 0.1) is 6.54 Å². The van der Waals surface area contributed by atoms with Crippen molar-refractivity contribution in [3.63, 3.8) is 0 Å². The van der Waals surface area contributed by atoms with E-state index in [4.69, 9.17) is 5.84 Å². The van der Waals surface area contributed by atoms with Crippen LogP contribution in [-0.4, -0.2) is 19.0 Å². The Balaban J connectivity index is 2.41. The van der Waals surface area contributed by atoms with Crippen LogP contribution in [0.2, 0.25) is 0 Å². The smallest absolute Gasteiger partial charge is 0.253 e. The van der Waals surface area contributed by atoms with Crippen LogP contribution >= 0.6 is 0 Å². The molecule has 0 aliphatic heterocycles. The number of carbonyl (C=O) groups excluding carboxylic acids is 1. The number of benzene rings is 2. The molecule has 0 fully saturated rings. The number of likely N-dealkylation sites (N-methyl/N-ethyl adjacent to an activating group) is 1. The second-order valence-corrected chi connectivity index (χ2v) is 4.08. The van der Waals surface area contributed by atoms with Crippen LogP contribution < -0.4 is 16.2 Å². The highest BCUT2D eigenvalue weighted by atomic mass is 16.2. The van der Waals surface area contributed by atoms with Gasteiger partial charge >= 0.3 is 0 Å². The van der Waals surface area contributed by atoms with E-state index in [1.54, 1.807) is 0 Å². The maximum atomic E-state index is 11.4. The Bertz CT molecular complexity index is 548. The first-order valence-electron chi connectivity index (χ1n) is 5.98. The zero-order valence-electron chi connectivity index (χ0n) is 10.4. The van der Waals surface area contributed by atoms with Crippen molar-refractivity contribution in [2.75, 3.05) is 18.0 Å². The lowest BCUT2D eigenvalue weighted by Gasteiger charge is -2.23. The summed E-state index contributed by atoms with van der Waals surface area (Å²) in [7, 11) is 0. The van der Waals surface area contributed by atoms with Gasteiger partial charge in [0.1, 0.15) is 0 Å². The van der Waals surface area contributed by atoms with Crippen molar-refractivity contribution >= 4 is 22.4 Å². The highest BCUT2D eigenvalue weighted by Crippen LogP contribution is 2.26. The van der Waals surface area contributed by atoms with E-state index in [1.807, 2.05) is 36.1 Å². The maximum absolute atomic E-state index is 11.4. The van der Waals surface area contributed by atoms with Crippen LogP contribution in [0.25, 0.3) is 10.8 Å². The Labute approximate surface area is 106 Å². The fourth-order valence-corrected chi connectivity index (χ4v) is 2.07. The third-order valence-electron chi connectivity index (χ3n) is 2.98. The minimum absolute atomic E-state index is 0.190. The summed E-state index contributed by atoms with van der Waals surface area (Å²) in [5.74, 6) is 4.95. The number of nitrogens with two attached hydrogens (primary N) is 1. The zero-order valence-corrected chi connectivity index (χ0v) is 10.4. The number of anilines is 1. The first-order valence-corrected chi connectivity index (χ1v) is 5.98. The third kappa shape index (κ3) is 2.43. The molecule has 1 amide bonds. The molecule has 18 heavy (non-hydrogen) atoms. The van der Waals surface area contributed by atoms with E-state index in [9.17, 15) is 4.79 Å². The van der Waals surface area contributed by atoms with Crippen molar-refractivity contribution in [2.45, 2.75) is 6.92 Å². The molecule has 4 nitrogen and oxygen atoms in total. The molecule has 3 N–H and O–H groups in total. The molecule has 2 rings (SSSR count). The molecule has 2 aromatic carbocycles. The molecular formula is C14H17N3O. The number of nitrogens with zero attached hydrogens (tertiary/aromatic N) is 1. The second-order valence-electron chi connectivity index (χ2n) is 4.08.